The van der Waals surface area contributed by atoms with Crippen LogP contribution < -0.4 is 4.90 Å². The summed E-state index contributed by atoms with van der Waals surface area (Å²) in [5.41, 5.74) is -2.68. The second kappa shape index (κ2) is 11.3. The summed E-state index contributed by atoms with van der Waals surface area (Å²) in [4.78, 5) is 4.48. The number of piperazine rings is 1. The fourth-order valence-corrected chi connectivity index (χ4v) is 7.01. The number of allylic oxidation sites excluding steroid dienone is 4. The van der Waals surface area contributed by atoms with Gasteiger partial charge in [-0.05, 0) is 30.7 Å². The molecule has 2 saturated heterocycles. The average Bonchev–Trinajstić information content (AvgIpc) is 2.88. The molecular formula is C25H32F3N3O5S2. The molecule has 3 aliphatic rings. The van der Waals surface area contributed by atoms with Crippen LogP contribution in [0.4, 0.5) is 18.9 Å². The minimum absolute atomic E-state index is 0.112. The number of hydrogen-bond acceptors (Lipinski definition) is 8. The van der Waals surface area contributed by atoms with E-state index in [1.807, 2.05) is 9.80 Å². The molecule has 1 aromatic rings. The maximum Gasteiger partial charge on any atom is 0.421 e. The molecule has 0 aromatic heterocycles. The molecule has 13 heteroatoms. The molecule has 0 saturated carbocycles. The maximum absolute atomic E-state index is 13.5. The molecule has 8 nitrogen and oxygen atoms in total. The number of hydrogen-bond donors (Lipinski definition) is 2. The Labute approximate surface area is 226 Å². The highest BCUT2D eigenvalue weighted by atomic mass is 32.2. The van der Waals surface area contributed by atoms with Gasteiger partial charge >= 0.3 is 6.18 Å². The Morgan fingerprint density at radius 3 is 2.47 bits per heavy atom. The number of ether oxygens (including phenoxy) is 1. The predicted octanol–water partition coefficient (Wildman–Crippen LogP) is 2.18. The number of nitrogens with zero attached hydrogens (tertiary/aromatic N) is 3. The molecule has 2 heterocycles. The van der Waals surface area contributed by atoms with Gasteiger partial charge in [-0.3, -0.25) is 4.90 Å². The van der Waals surface area contributed by atoms with E-state index in [1.54, 1.807) is 12.2 Å². The molecule has 0 amide bonds. The molecule has 0 unspecified atom stereocenters. The van der Waals surface area contributed by atoms with E-state index in [2.05, 4.69) is 0 Å². The number of sulfonamides is 1. The van der Waals surface area contributed by atoms with Gasteiger partial charge in [-0.2, -0.15) is 17.5 Å². The van der Waals surface area contributed by atoms with Crippen molar-refractivity contribution in [3.05, 3.63) is 53.0 Å². The van der Waals surface area contributed by atoms with Crippen LogP contribution in [-0.4, -0.2) is 104 Å². The van der Waals surface area contributed by atoms with E-state index in [-0.39, 0.29) is 42.2 Å². The monoisotopic (exact) mass is 575 g/mol. The van der Waals surface area contributed by atoms with E-state index in [0.717, 1.165) is 0 Å². The molecule has 1 aromatic carbocycles. The van der Waals surface area contributed by atoms with Crippen molar-refractivity contribution in [1.82, 2.24) is 9.21 Å². The van der Waals surface area contributed by atoms with E-state index in [4.69, 9.17) is 17.0 Å². The van der Waals surface area contributed by atoms with Crippen LogP contribution in [0, 0.1) is 0 Å². The molecule has 2 aliphatic heterocycles. The van der Waals surface area contributed by atoms with Crippen molar-refractivity contribution in [1.29, 1.82) is 0 Å². The van der Waals surface area contributed by atoms with Gasteiger partial charge in [-0.25, -0.2) is 8.42 Å². The molecule has 0 spiro atoms. The highest BCUT2D eigenvalue weighted by Gasteiger charge is 2.51. The first-order chi connectivity index (χ1) is 17.9. The predicted molar refractivity (Wildman–Crippen MR) is 141 cm³/mol. The number of thiocarbonyl (C=S) groups is 1. The van der Waals surface area contributed by atoms with Crippen molar-refractivity contribution in [2.24, 2.45) is 0 Å². The topological polar surface area (TPSA) is 93.6 Å². The second-order valence-electron chi connectivity index (χ2n) is 9.82. The molecule has 3 atom stereocenters. The van der Waals surface area contributed by atoms with Crippen LogP contribution in [-0.2, 0) is 20.4 Å². The molecule has 0 radical (unpaired) electrons. The Bertz CT molecular complexity index is 1190. The second-order valence-corrected chi connectivity index (χ2v) is 12.2. The number of aliphatic hydroxyl groups is 2. The number of alkyl halides is 3. The number of morpholine rings is 1. The number of benzene rings is 1. The summed E-state index contributed by atoms with van der Waals surface area (Å²) in [6.45, 7) is 2.95. The van der Waals surface area contributed by atoms with Crippen molar-refractivity contribution >= 4 is 32.8 Å². The lowest BCUT2D eigenvalue weighted by atomic mass is 9.95. The smallest absolute Gasteiger partial charge is 0.395 e. The normalized spacial score (nSPS) is 25.8. The Kier molecular flexibility index (Phi) is 8.67. The van der Waals surface area contributed by atoms with Gasteiger partial charge in [0.25, 0.3) is 0 Å². The number of aliphatic hydroxyl groups excluding tert-OH is 1. The molecule has 0 bridgehead atoms. The minimum Gasteiger partial charge on any atom is -0.395 e. The van der Waals surface area contributed by atoms with Crippen LogP contribution in [0.3, 0.4) is 0 Å². The lowest BCUT2D eigenvalue weighted by Gasteiger charge is -2.46. The maximum atomic E-state index is 13.5. The van der Waals surface area contributed by atoms with Gasteiger partial charge in [0.2, 0.25) is 10.0 Å². The van der Waals surface area contributed by atoms with Crippen LogP contribution in [0.5, 0.6) is 0 Å². The van der Waals surface area contributed by atoms with E-state index in [1.165, 1.54) is 34.6 Å². The van der Waals surface area contributed by atoms with Crippen LogP contribution in [0.1, 0.15) is 18.9 Å². The fraction of sp³-hybridized carbons (Fsp3) is 0.560. The van der Waals surface area contributed by atoms with Crippen LogP contribution >= 0.6 is 12.2 Å². The summed E-state index contributed by atoms with van der Waals surface area (Å²) >= 11 is 5.32. The van der Waals surface area contributed by atoms with Crippen molar-refractivity contribution < 1.29 is 36.5 Å². The Balaban J connectivity index is 1.62. The first kappa shape index (κ1) is 29.1. The third kappa shape index (κ3) is 5.83. The molecule has 210 valence electrons. The fourth-order valence-electron chi connectivity index (χ4n) is 4.94. The Morgan fingerprint density at radius 2 is 1.84 bits per heavy atom. The van der Waals surface area contributed by atoms with Crippen molar-refractivity contribution in [3.8, 4) is 0 Å². The molecule has 38 heavy (non-hydrogen) atoms. The molecule has 1 aliphatic carbocycles. The van der Waals surface area contributed by atoms with Gasteiger partial charge in [0, 0.05) is 49.7 Å². The van der Waals surface area contributed by atoms with Gasteiger partial charge in [-0.15, -0.1) is 0 Å². The van der Waals surface area contributed by atoms with Crippen molar-refractivity contribution in [2.75, 3.05) is 57.4 Å². The number of rotatable bonds is 7. The van der Waals surface area contributed by atoms with Gasteiger partial charge < -0.3 is 19.8 Å². The third-order valence-electron chi connectivity index (χ3n) is 7.34. The van der Waals surface area contributed by atoms with Gasteiger partial charge in [-0.1, -0.05) is 36.5 Å². The van der Waals surface area contributed by atoms with Gasteiger partial charge in [0.1, 0.15) is 0 Å². The van der Waals surface area contributed by atoms with E-state index < -0.39 is 21.8 Å². The van der Waals surface area contributed by atoms with Gasteiger partial charge in [0.05, 0.1) is 36.8 Å². The quantitative estimate of drug-likeness (QED) is 0.478. The van der Waals surface area contributed by atoms with Crippen LogP contribution in [0.2, 0.25) is 0 Å². The Hall–Kier alpha value is -1.87. The van der Waals surface area contributed by atoms with E-state index in [9.17, 15) is 31.8 Å². The highest BCUT2D eigenvalue weighted by molar-refractivity contribution is 7.96. The molecule has 4 rings (SSSR count). The standard InChI is InChI=1S/C25H32F3N3O5S2/c1-24(33,25(26,27)28)18-6-8-19(9-7-18)31-11-10-30(38(34,35)23-5-3-2-4-22(23)37)15-20(31)14-29-12-13-36-17-21(29)16-32/h2-3,5-9,20-21,32-33H,4,10-17H2,1H3/t20-,21+,24-/m0/s1. The number of anilines is 1. The first-order valence-electron chi connectivity index (χ1n) is 12.4. The van der Waals surface area contributed by atoms with Crippen LogP contribution in [0.15, 0.2) is 47.4 Å². The summed E-state index contributed by atoms with van der Waals surface area (Å²) < 4.78 is 73.9. The third-order valence-corrected chi connectivity index (χ3v) is 9.81. The summed E-state index contributed by atoms with van der Waals surface area (Å²) in [6, 6.07) is 4.89. The Morgan fingerprint density at radius 1 is 1.13 bits per heavy atom. The lowest BCUT2D eigenvalue weighted by Crippen LogP contribution is -2.61. The zero-order valence-corrected chi connectivity index (χ0v) is 22.6. The summed E-state index contributed by atoms with van der Waals surface area (Å²) in [5.74, 6) is 0. The van der Waals surface area contributed by atoms with Crippen LogP contribution in [0.25, 0.3) is 0 Å². The zero-order valence-electron chi connectivity index (χ0n) is 21.0. The van der Waals surface area contributed by atoms with Crippen molar-refractivity contribution in [2.45, 2.75) is 37.2 Å². The molecule has 2 fully saturated rings. The van der Waals surface area contributed by atoms with E-state index >= 15 is 0 Å². The number of halogens is 3. The average molecular weight is 576 g/mol. The summed E-state index contributed by atoms with van der Waals surface area (Å²) in [5, 5.41) is 19.9. The molecular weight excluding hydrogens is 543 g/mol. The van der Waals surface area contributed by atoms with Crippen molar-refractivity contribution in [3.63, 3.8) is 0 Å². The molecule has 2 N–H and O–H groups in total. The lowest BCUT2D eigenvalue weighted by molar-refractivity contribution is -0.258. The SMILES string of the molecule is C[C@](O)(c1ccc(N2CCN(S(=O)(=O)C3=CC=CCC3=S)C[C@@H]2CN2CCOC[C@H]2CO)cc1)C(F)(F)F. The highest BCUT2D eigenvalue weighted by Crippen LogP contribution is 2.39. The largest absolute Gasteiger partial charge is 0.421 e. The minimum atomic E-state index is -4.84. The summed E-state index contributed by atoms with van der Waals surface area (Å²) in [6.07, 6.45) is 0.528. The zero-order chi connectivity index (χ0) is 27.7. The van der Waals surface area contributed by atoms with Gasteiger partial charge in [0.15, 0.2) is 5.60 Å². The summed E-state index contributed by atoms with van der Waals surface area (Å²) in [7, 11) is -3.85. The van der Waals surface area contributed by atoms with E-state index in [0.29, 0.717) is 56.7 Å². The first-order valence-corrected chi connectivity index (χ1v) is 14.2.